The molecule has 9 heteroatoms. The van der Waals surface area contributed by atoms with Crippen LogP contribution in [0.15, 0.2) is 33.8 Å². The van der Waals surface area contributed by atoms with Gasteiger partial charge in [0.05, 0.1) is 0 Å². The third-order valence-corrected chi connectivity index (χ3v) is 5.26. The van der Waals surface area contributed by atoms with E-state index in [1.54, 1.807) is 0 Å². The second-order valence-corrected chi connectivity index (χ2v) is 7.77. The van der Waals surface area contributed by atoms with Crippen molar-refractivity contribution in [2.24, 2.45) is 4.99 Å². The first kappa shape index (κ1) is 24.9. The standard InChI is InChI=1S/C21H31ClN6O.HI/c1-3-5-11-28-12-9-18(10-13-28)25-21(23-4-2)24-15-19-26-20(27-29-19)16-7-6-8-17(22)14-16;/h6-8,14,18H,3-5,9-13,15H2,1-2H3,(H2,23,24,25);1H. The summed E-state index contributed by atoms with van der Waals surface area (Å²) < 4.78 is 5.36. The maximum Gasteiger partial charge on any atom is 0.248 e. The van der Waals surface area contributed by atoms with E-state index in [1.807, 2.05) is 24.3 Å². The van der Waals surface area contributed by atoms with E-state index in [1.165, 1.54) is 19.4 Å². The maximum atomic E-state index is 6.04. The minimum atomic E-state index is 0. The van der Waals surface area contributed by atoms with Gasteiger partial charge >= 0.3 is 0 Å². The molecule has 3 rings (SSSR count). The molecule has 0 atom stereocenters. The number of guanidine groups is 1. The molecule has 0 amide bonds. The number of benzene rings is 1. The van der Waals surface area contributed by atoms with Gasteiger partial charge in [0.2, 0.25) is 11.7 Å². The number of nitrogens with one attached hydrogen (secondary N) is 2. The Balaban J connectivity index is 0.00000320. The molecular formula is C21H32ClIN6O. The Hall–Kier alpha value is -1.39. The van der Waals surface area contributed by atoms with Crippen molar-refractivity contribution < 1.29 is 4.52 Å². The average Bonchev–Trinajstić information content (AvgIpc) is 3.21. The summed E-state index contributed by atoms with van der Waals surface area (Å²) in [6.45, 7) is 8.94. The van der Waals surface area contributed by atoms with Crippen LogP contribution in [0.25, 0.3) is 11.4 Å². The number of halogens is 2. The predicted molar refractivity (Wildman–Crippen MR) is 132 cm³/mol. The Bertz CT molecular complexity index is 791. The molecule has 1 aliphatic rings. The van der Waals surface area contributed by atoms with Gasteiger partial charge in [-0.1, -0.05) is 42.2 Å². The second-order valence-electron chi connectivity index (χ2n) is 7.33. The Morgan fingerprint density at radius 1 is 1.30 bits per heavy atom. The van der Waals surface area contributed by atoms with Crippen molar-refractivity contribution in [2.75, 3.05) is 26.2 Å². The number of aliphatic imine (C=N–C) groups is 1. The summed E-state index contributed by atoms with van der Waals surface area (Å²) in [5, 5.41) is 11.5. The Morgan fingerprint density at radius 2 is 2.10 bits per heavy atom. The maximum absolute atomic E-state index is 6.04. The summed E-state index contributed by atoms with van der Waals surface area (Å²) in [7, 11) is 0. The molecule has 0 radical (unpaired) electrons. The number of hydrogen-bond donors (Lipinski definition) is 2. The molecule has 1 aromatic heterocycles. The average molecular weight is 547 g/mol. The molecule has 1 saturated heterocycles. The van der Waals surface area contributed by atoms with Crippen molar-refractivity contribution in [3.63, 3.8) is 0 Å². The van der Waals surface area contributed by atoms with Crippen LogP contribution in [0.1, 0.15) is 45.4 Å². The Kier molecular flexibility index (Phi) is 10.9. The van der Waals surface area contributed by atoms with Gasteiger partial charge in [-0.2, -0.15) is 4.98 Å². The molecule has 1 aromatic carbocycles. The summed E-state index contributed by atoms with van der Waals surface area (Å²) in [4.78, 5) is 11.6. The van der Waals surface area contributed by atoms with Gasteiger partial charge in [0, 0.05) is 36.3 Å². The zero-order chi connectivity index (χ0) is 20.5. The van der Waals surface area contributed by atoms with E-state index in [0.29, 0.717) is 29.3 Å². The van der Waals surface area contributed by atoms with Crippen molar-refractivity contribution in [2.45, 2.75) is 52.1 Å². The zero-order valence-electron chi connectivity index (χ0n) is 17.7. The van der Waals surface area contributed by atoms with Crippen molar-refractivity contribution in [3.05, 3.63) is 35.2 Å². The fourth-order valence-electron chi connectivity index (χ4n) is 3.41. The van der Waals surface area contributed by atoms with Gasteiger partial charge < -0.3 is 20.1 Å². The van der Waals surface area contributed by atoms with Gasteiger partial charge in [-0.15, -0.1) is 24.0 Å². The van der Waals surface area contributed by atoms with Crippen LogP contribution in [0.4, 0.5) is 0 Å². The number of hydrogen-bond acceptors (Lipinski definition) is 5. The third kappa shape index (κ3) is 7.70. The number of unbranched alkanes of at least 4 members (excludes halogenated alkanes) is 1. The molecule has 2 heterocycles. The van der Waals surface area contributed by atoms with Crippen LogP contribution < -0.4 is 10.6 Å². The number of piperidine rings is 1. The van der Waals surface area contributed by atoms with Crippen molar-refractivity contribution >= 4 is 41.5 Å². The number of aromatic nitrogens is 2. The summed E-state index contributed by atoms with van der Waals surface area (Å²) in [6, 6.07) is 7.85. The summed E-state index contributed by atoms with van der Waals surface area (Å²) in [5.74, 6) is 1.80. The number of likely N-dealkylation sites (tertiary alicyclic amines) is 1. The van der Waals surface area contributed by atoms with Gasteiger partial charge in [-0.05, 0) is 44.9 Å². The topological polar surface area (TPSA) is 78.6 Å². The van der Waals surface area contributed by atoms with Crippen LogP contribution in [0, 0.1) is 0 Å². The first-order valence-corrected chi connectivity index (χ1v) is 10.9. The van der Waals surface area contributed by atoms with Crippen molar-refractivity contribution in [1.82, 2.24) is 25.7 Å². The molecule has 166 valence electrons. The lowest BCUT2D eigenvalue weighted by atomic mass is 10.0. The SMILES string of the molecule is CCCCN1CCC(NC(=NCc2nc(-c3cccc(Cl)c3)no2)NCC)CC1.I. The smallest absolute Gasteiger partial charge is 0.248 e. The molecule has 2 N–H and O–H groups in total. The van der Waals surface area contributed by atoms with Gasteiger partial charge in [0.15, 0.2) is 5.96 Å². The minimum Gasteiger partial charge on any atom is -0.357 e. The summed E-state index contributed by atoms with van der Waals surface area (Å²) in [5.41, 5.74) is 0.830. The van der Waals surface area contributed by atoms with E-state index in [9.17, 15) is 0 Å². The molecule has 0 spiro atoms. The highest BCUT2D eigenvalue weighted by atomic mass is 127. The van der Waals surface area contributed by atoms with E-state index in [2.05, 4.69) is 44.5 Å². The second kappa shape index (κ2) is 13.1. The monoisotopic (exact) mass is 546 g/mol. The molecule has 2 aromatic rings. The molecule has 0 saturated carbocycles. The highest BCUT2D eigenvalue weighted by molar-refractivity contribution is 14.0. The zero-order valence-corrected chi connectivity index (χ0v) is 20.8. The lowest BCUT2D eigenvalue weighted by molar-refractivity contribution is 0.203. The molecule has 0 bridgehead atoms. The van der Waals surface area contributed by atoms with Crippen LogP contribution in [0.2, 0.25) is 5.02 Å². The molecule has 0 aliphatic carbocycles. The summed E-state index contributed by atoms with van der Waals surface area (Å²) in [6.07, 6.45) is 4.80. The Labute approximate surface area is 201 Å². The van der Waals surface area contributed by atoms with Gasteiger partial charge in [0.1, 0.15) is 6.54 Å². The lowest BCUT2D eigenvalue weighted by Gasteiger charge is -2.33. The lowest BCUT2D eigenvalue weighted by Crippen LogP contribution is -2.48. The molecule has 1 fully saturated rings. The van der Waals surface area contributed by atoms with E-state index in [4.69, 9.17) is 16.1 Å². The van der Waals surface area contributed by atoms with Crippen LogP contribution in [-0.2, 0) is 6.54 Å². The van der Waals surface area contributed by atoms with E-state index >= 15 is 0 Å². The van der Waals surface area contributed by atoms with Gasteiger partial charge in [-0.25, -0.2) is 4.99 Å². The van der Waals surface area contributed by atoms with E-state index < -0.39 is 0 Å². The normalized spacial score (nSPS) is 15.6. The van der Waals surface area contributed by atoms with E-state index in [-0.39, 0.29) is 24.0 Å². The van der Waals surface area contributed by atoms with Crippen molar-refractivity contribution in [3.8, 4) is 11.4 Å². The fraction of sp³-hybridized carbons (Fsp3) is 0.571. The molecular weight excluding hydrogens is 515 g/mol. The number of rotatable bonds is 8. The summed E-state index contributed by atoms with van der Waals surface area (Å²) >= 11 is 6.04. The van der Waals surface area contributed by atoms with Crippen LogP contribution >= 0.6 is 35.6 Å². The molecule has 1 aliphatic heterocycles. The molecule has 30 heavy (non-hydrogen) atoms. The minimum absolute atomic E-state index is 0. The van der Waals surface area contributed by atoms with Gasteiger partial charge in [-0.3, -0.25) is 0 Å². The highest BCUT2D eigenvalue weighted by Crippen LogP contribution is 2.20. The fourth-order valence-corrected chi connectivity index (χ4v) is 3.60. The largest absolute Gasteiger partial charge is 0.357 e. The first-order valence-electron chi connectivity index (χ1n) is 10.5. The Morgan fingerprint density at radius 3 is 2.80 bits per heavy atom. The molecule has 7 nitrogen and oxygen atoms in total. The quantitative estimate of drug-likeness (QED) is 0.292. The first-order chi connectivity index (χ1) is 14.2. The van der Waals surface area contributed by atoms with Gasteiger partial charge in [0.25, 0.3) is 0 Å². The van der Waals surface area contributed by atoms with E-state index in [0.717, 1.165) is 44.0 Å². The third-order valence-electron chi connectivity index (χ3n) is 5.02. The van der Waals surface area contributed by atoms with Crippen LogP contribution in [0.5, 0.6) is 0 Å². The predicted octanol–water partition coefficient (Wildman–Crippen LogP) is 4.33. The van der Waals surface area contributed by atoms with Crippen LogP contribution in [-0.4, -0.2) is 53.2 Å². The number of nitrogens with zero attached hydrogens (tertiary/aromatic N) is 4. The highest BCUT2D eigenvalue weighted by Gasteiger charge is 2.19. The molecule has 0 unspecified atom stereocenters. The van der Waals surface area contributed by atoms with Crippen LogP contribution in [0.3, 0.4) is 0 Å². The van der Waals surface area contributed by atoms with Crippen molar-refractivity contribution in [1.29, 1.82) is 0 Å².